The van der Waals surface area contributed by atoms with Gasteiger partial charge >= 0.3 is 0 Å². The van der Waals surface area contributed by atoms with Crippen molar-refractivity contribution < 1.29 is 4.79 Å². The minimum absolute atomic E-state index is 0.0966. The van der Waals surface area contributed by atoms with Crippen molar-refractivity contribution in [2.45, 2.75) is 19.4 Å². The van der Waals surface area contributed by atoms with Crippen LogP contribution in [0.4, 0.5) is 0 Å². The van der Waals surface area contributed by atoms with Crippen molar-refractivity contribution in [3.05, 3.63) is 88.5 Å². The van der Waals surface area contributed by atoms with Crippen LogP contribution in [0.3, 0.4) is 0 Å². The van der Waals surface area contributed by atoms with E-state index in [1.54, 1.807) is 27.6 Å². The first-order valence-electron chi connectivity index (χ1n) is 10.0. The number of carbonyl (C=O) groups is 1. The molecule has 8 nitrogen and oxygen atoms in total. The highest BCUT2D eigenvalue weighted by Gasteiger charge is 2.37. The maximum absolute atomic E-state index is 13.7. The molecule has 1 N–H and O–H groups in total. The Morgan fingerprint density at radius 1 is 1.26 bits per heavy atom. The van der Waals surface area contributed by atoms with E-state index in [2.05, 4.69) is 15.1 Å². The van der Waals surface area contributed by atoms with Gasteiger partial charge in [0.15, 0.2) is 0 Å². The summed E-state index contributed by atoms with van der Waals surface area (Å²) in [5.41, 5.74) is 5.84. The monoisotopic (exact) mass is 431 g/mol. The molecule has 0 saturated carbocycles. The lowest BCUT2D eigenvalue weighted by atomic mass is 9.98. The lowest BCUT2D eigenvalue weighted by Gasteiger charge is -2.33. The predicted molar refractivity (Wildman–Crippen MR) is 115 cm³/mol. The van der Waals surface area contributed by atoms with Gasteiger partial charge in [-0.05, 0) is 36.8 Å². The van der Waals surface area contributed by atoms with Gasteiger partial charge in [0.2, 0.25) is 0 Å². The number of hydrogen-bond acceptors (Lipinski definition) is 4. The average molecular weight is 432 g/mol. The lowest BCUT2D eigenvalue weighted by Crippen LogP contribution is -2.41. The number of rotatable bonds is 2. The van der Waals surface area contributed by atoms with Gasteiger partial charge in [-0.1, -0.05) is 23.7 Å². The standard InChI is InChI=1S/C22H18ClN7O/c1-13-5-6-18-15(10-26-29(18)11-13)22(31)28-8-7-16-20(25-12-24-16)21(28)17-9-14-3-2-4-19(23)30(14)27-17/h2-6,9-12,21H,7-8H2,1H3,(H,24,25). The van der Waals surface area contributed by atoms with Crippen molar-refractivity contribution in [2.24, 2.45) is 0 Å². The average Bonchev–Trinajstić information content (AvgIpc) is 3.50. The van der Waals surface area contributed by atoms with Crippen LogP contribution in [0.2, 0.25) is 5.15 Å². The van der Waals surface area contributed by atoms with Gasteiger partial charge in [-0.25, -0.2) is 14.0 Å². The zero-order valence-electron chi connectivity index (χ0n) is 16.7. The Bertz CT molecular complexity index is 1460. The number of amides is 1. The number of nitrogens with zero attached hydrogens (tertiary/aromatic N) is 6. The Morgan fingerprint density at radius 2 is 2.16 bits per heavy atom. The summed E-state index contributed by atoms with van der Waals surface area (Å²) in [4.78, 5) is 23.3. The molecule has 9 heteroatoms. The highest BCUT2D eigenvalue weighted by atomic mass is 35.5. The second kappa shape index (κ2) is 6.68. The predicted octanol–water partition coefficient (Wildman–Crippen LogP) is 3.45. The minimum Gasteiger partial charge on any atom is -0.348 e. The molecule has 1 unspecified atom stereocenters. The van der Waals surface area contributed by atoms with Crippen LogP contribution >= 0.6 is 11.6 Å². The first kappa shape index (κ1) is 18.1. The summed E-state index contributed by atoms with van der Waals surface area (Å²) in [6, 6.07) is 11.1. The number of aryl methyl sites for hydroxylation is 1. The summed E-state index contributed by atoms with van der Waals surface area (Å²) in [5, 5.41) is 9.61. The van der Waals surface area contributed by atoms with Crippen molar-refractivity contribution in [1.82, 2.24) is 34.1 Å². The molecule has 1 amide bonds. The van der Waals surface area contributed by atoms with E-state index in [1.807, 2.05) is 48.4 Å². The molecule has 6 heterocycles. The van der Waals surface area contributed by atoms with Crippen LogP contribution in [0.25, 0.3) is 11.0 Å². The smallest absolute Gasteiger partial charge is 0.258 e. The van der Waals surface area contributed by atoms with Gasteiger partial charge in [-0.3, -0.25) is 4.79 Å². The Labute approximate surface area is 182 Å². The summed E-state index contributed by atoms with van der Waals surface area (Å²) < 4.78 is 3.42. The first-order chi connectivity index (χ1) is 15.1. The maximum atomic E-state index is 13.7. The van der Waals surface area contributed by atoms with Crippen LogP contribution in [0.15, 0.2) is 55.1 Å². The zero-order valence-corrected chi connectivity index (χ0v) is 17.4. The number of aromatic nitrogens is 6. The third-order valence-electron chi connectivity index (χ3n) is 5.82. The second-order valence-corrected chi connectivity index (χ2v) is 8.15. The number of pyridine rings is 2. The van der Waals surface area contributed by atoms with E-state index in [1.165, 1.54) is 0 Å². The fourth-order valence-electron chi connectivity index (χ4n) is 4.34. The zero-order chi connectivity index (χ0) is 21.1. The molecular formula is C22H18ClN7O. The molecular weight excluding hydrogens is 414 g/mol. The minimum atomic E-state index is -0.418. The second-order valence-electron chi connectivity index (χ2n) is 7.77. The summed E-state index contributed by atoms with van der Waals surface area (Å²) >= 11 is 6.33. The Morgan fingerprint density at radius 3 is 3.03 bits per heavy atom. The number of halogens is 1. The molecule has 0 bridgehead atoms. The molecule has 1 aliphatic rings. The van der Waals surface area contributed by atoms with Crippen molar-refractivity contribution in [2.75, 3.05) is 6.54 Å². The van der Waals surface area contributed by atoms with E-state index in [9.17, 15) is 4.79 Å². The highest BCUT2D eigenvalue weighted by molar-refractivity contribution is 6.29. The van der Waals surface area contributed by atoms with E-state index in [0.717, 1.165) is 33.7 Å². The third-order valence-corrected chi connectivity index (χ3v) is 6.11. The summed E-state index contributed by atoms with van der Waals surface area (Å²) in [6.45, 7) is 2.54. The van der Waals surface area contributed by atoms with Gasteiger partial charge in [0.05, 0.1) is 40.5 Å². The van der Waals surface area contributed by atoms with E-state index >= 15 is 0 Å². The Kier molecular flexibility index (Phi) is 3.91. The van der Waals surface area contributed by atoms with Crippen molar-refractivity contribution in [3.63, 3.8) is 0 Å². The molecule has 1 aliphatic heterocycles. The van der Waals surface area contributed by atoms with Gasteiger partial charge in [0.1, 0.15) is 11.2 Å². The molecule has 6 rings (SSSR count). The molecule has 0 aliphatic carbocycles. The van der Waals surface area contributed by atoms with E-state index in [-0.39, 0.29) is 5.91 Å². The molecule has 0 aromatic carbocycles. The Hall–Kier alpha value is -3.65. The molecule has 0 spiro atoms. The van der Waals surface area contributed by atoms with Crippen LogP contribution in [0.5, 0.6) is 0 Å². The highest BCUT2D eigenvalue weighted by Crippen LogP contribution is 2.35. The van der Waals surface area contributed by atoms with Crippen LogP contribution in [-0.2, 0) is 6.42 Å². The fourth-order valence-corrected chi connectivity index (χ4v) is 4.54. The molecule has 1 atom stereocenters. The maximum Gasteiger partial charge on any atom is 0.258 e. The van der Waals surface area contributed by atoms with E-state index < -0.39 is 6.04 Å². The summed E-state index contributed by atoms with van der Waals surface area (Å²) in [6.07, 6.45) is 5.92. The SMILES string of the molecule is Cc1ccc2c(C(=O)N3CCc4[nH]cnc4C3c3cc4cccc(Cl)n4n3)cnn2c1. The quantitative estimate of drug-likeness (QED) is 0.434. The van der Waals surface area contributed by atoms with Crippen LogP contribution in [0.1, 0.15) is 39.0 Å². The molecule has 5 aromatic heterocycles. The molecule has 5 aromatic rings. The largest absolute Gasteiger partial charge is 0.348 e. The van der Waals surface area contributed by atoms with Gasteiger partial charge in [0, 0.05) is 24.9 Å². The van der Waals surface area contributed by atoms with E-state index in [0.29, 0.717) is 23.7 Å². The topological polar surface area (TPSA) is 83.6 Å². The number of nitrogens with one attached hydrogen (secondary N) is 1. The normalized spacial score (nSPS) is 16.2. The first-order valence-corrected chi connectivity index (χ1v) is 10.4. The van der Waals surface area contributed by atoms with Crippen LogP contribution in [-0.4, -0.2) is 46.5 Å². The molecule has 31 heavy (non-hydrogen) atoms. The van der Waals surface area contributed by atoms with Gasteiger partial charge in [-0.2, -0.15) is 10.2 Å². The van der Waals surface area contributed by atoms with Crippen molar-refractivity contribution in [3.8, 4) is 0 Å². The third kappa shape index (κ3) is 2.75. The molecule has 0 saturated heterocycles. The van der Waals surface area contributed by atoms with E-state index in [4.69, 9.17) is 16.7 Å². The van der Waals surface area contributed by atoms with Crippen LogP contribution in [0, 0.1) is 6.92 Å². The van der Waals surface area contributed by atoms with Gasteiger partial charge < -0.3 is 9.88 Å². The lowest BCUT2D eigenvalue weighted by molar-refractivity contribution is 0.0689. The number of fused-ring (bicyclic) bond motifs is 3. The molecule has 0 radical (unpaired) electrons. The summed E-state index contributed by atoms with van der Waals surface area (Å²) in [7, 11) is 0. The van der Waals surface area contributed by atoms with Crippen LogP contribution < -0.4 is 0 Å². The summed E-state index contributed by atoms with van der Waals surface area (Å²) in [5.74, 6) is -0.0966. The number of imidazole rings is 1. The number of H-pyrrole nitrogens is 1. The number of carbonyl (C=O) groups excluding carboxylic acids is 1. The van der Waals surface area contributed by atoms with Gasteiger partial charge in [0.25, 0.3) is 5.91 Å². The number of aromatic amines is 1. The van der Waals surface area contributed by atoms with Crippen molar-refractivity contribution >= 4 is 28.5 Å². The molecule has 154 valence electrons. The van der Waals surface area contributed by atoms with Crippen molar-refractivity contribution in [1.29, 1.82) is 0 Å². The number of hydrogen-bond donors (Lipinski definition) is 1. The Balaban J connectivity index is 1.49. The van der Waals surface area contributed by atoms with Gasteiger partial charge in [-0.15, -0.1) is 0 Å². The fraction of sp³-hybridized carbons (Fsp3) is 0.182. The molecule has 0 fully saturated rings.